The zero-order valence-electron chi connectivity index (χ0n) is 16.9. The summed E-state index contributed by atoms with van der Waals surface area (Å²) in [6, 6.07) is 7.59. The molecule has 0 spiro atoms. The highest BCUT2D eigenvalue weighted by atomic mass is 32.2. The number of aryl methyl sites for hydroxylation is 3. The molecule has 1 atom stereocenters. The molecule has 3 heterocycles. The van der Waals surface area contributed by atoms with Crippen LogP contribution in [-0.2, 0) is 4.79 Å². The highest BCUT2D eigenvalue weighted by Crippen LogP contribution is 2.35. The van der Waals surface area contributed by atoms with Crippen LogP contribution in [0.4, 0.5) is 0 Å². The first-order chi connectivity index (χ1) is 13.9. The Bertz CT molecular complexity index is 1070. The van der Waals surface area contributed by atoms with Crippen LogP contribution in [0.5, 0.6) is 11.5 Å². The first-order valence-electron chi connectivity index (χ1n) is 9.42. The molecule has 0 saturated heterocycles. The molecule has 0 bridgehead atoms. The average molecular weight is 430 g/mol. The van der Waals surface area contributed by atoms with Crippen LogP contribution in [0.25, 0.3) is 10.2 Å². The first-order valence-corrected chi connectivity index (χ1v) is 11.2. The monoisotopic (exact) mass is 429 g/mol. The molecule has 1 aliphatic rings. The minimum Gasteiger partial charge on any atom is -0.486 e. The first kappa shape index (κ1) is 20.0. The standard InChI is InChI=1S/C21H23N3O3S2/c1-12-13(2)29-21-19(12)20(22-14(3)23-21)28-11-18(25)24(4)9-15-10-26-16-7-5-6-8-17(16)27-15/h5-8,15H,9-11H2,1-4H3. The van der Waals surface area contributed by atoms with Crippen molar-refractivity contribution in [3.8, 4) is 11.5 Å². The summed E-state index contributed by atoms with van der Waals surface area (Å²) < 4.78 is 11.7. The van der Waals surface area contributed by atoms with Crippen LogP contribution in [0, 0.1) is 20.8 Å². The quantitative estimate of drug-likeness (QED) is 0.451. The number of aromatic nitrogens is 2. The number of thiophene rings is 1. The number of carbonyl (C=O) groups excluding carboxylic acids is 1. The molecule has 6 nitrogen and oxygen atoms in total. The highest BCUT2D eigenvalue weighted by molar-refractivity contribution is 8.00. The molecule has 1 aliphatic heterocycles. The van der Waals surface area contributed by atoms with Crippen LogP contribution in [0.3, 0.4) is 0 Å². The zero-order valence-corrected chi connectivity index (χ0v) is 18.5. The molecule has 1 amide bonds. The molecule has 152 valence electrons. The Morgan fingerprint density at radius 1 is 1.24 bits per heavy atom. The zero-order chi connectivity index (χ0) is 20.5. The van der Waals surface area contributed by atoms with E-state index < -0.39 is 0 Å². The van der Waals surface area contributed by atoms with Crippen molar-refractivity contribution in [2.45, 2.75) is 31.9 Å². The molecular formula is C21H23N3O3S2. The Balaban J connectivity index is 1.39. The number of nitrogens with zero attached hydrogens (tertiary/aromatic N) is 3. The van der Waals surface area contributed by atoms with Crippen molar-refractivity contribution in [3.05, 3.63) is 40.5 Å². The highest BCUT2D eigenvalue weighted by Gasteiger charge is 2.24. The number of rotatable bonds is 5. The molecule has 0 aliphatic carbocycles. The maximum absolute atomic E-state index is 12.7. The number of fused-ring (bicyclic) bond motifs is 2. The summed E-state index contributed by atoms with van der Waals surface area (Å²) in [5.41, 5.74) is 1.19. The van der Waals surface area contributed by atoms with Crippen LogP contribution in [0.15, 0.2) is 29.3 Å². The van der Waals surface area contributed by atoms with Crippen molar-refractivity contribution >= 4 is 39.2 Å². The summed E-state index contributed by atoms with van der Waals surface area (Å²) >= 11 is 3.15. The van der Waals surface area contributed by atoms with E-state index in [9.17, 15) is 4.79 Å². The Morgan fingerprint density at radius 2 is 2.00 bits per heavy atom. The summed E-state index contributed by atoms with van der Waals surface area (Å²) in [4.78, 5) is 25.8. The van der Waals surface area contributed by atoms with Crippen LogP contribution in [0.1, 0.15) is 16.3 Å². The van der Waals surface area contributed by atoms with Crippen LogP contribution < -0.4 is 9.47 Å². The molecule has 29 heavy (non-hydrogen) atoms. The van der Waals surface area contributed by atoms with E-state index in [1.54, 1.807) is 23.3 Å². The predicted octanol–water partition coefficient (Wildman–Crippen LogP) is 4.01. The third-order valence-corrected chi connectivity index (χ3v) is 6.97. The number of likely N-dealkylation sites (N-methyl/N-ethyl adjacent to an activating group) is 1. The number of hydrogen-bond acceptors (Lipinski definition) is 7. The average Bonchev–Trinajstić information content (AvgIpc) is 2.99. The fourth-order valence-electron chi connectivity index (χ4n) is 3.22. The summed E-state index contributed by atoms with van der Waals surface area (Å²) in [6.45, 7) is 6.97. The molecule has 1 unspecified atom stereocenters. The molecule has 0 fully saturated rings. The van der Waals surface area contributed by atoms with Crippen molar-refractivity contribution in [1.29, 1.82) is 0 Å². The lowest BCUT2D eigenvalue weighted by atomic mass is 10.2. The second kappa shape index (κ2) is 8.20. The Hall–Kier alpha value is -2.32. The number of benzene rings is 1. The second-order valence-corrected chi connectivity index (χ2v) is 9.27. The number of carbonyl (C=O) groups is 1. The number of amides is 1. The topological polar surface area (TPSA) is 64.6 Å². The molecule has 2 aromatic heterocycles. The maximum atomic E-state index is 12.7. The van der Waals surface area contributed by atoms with E-state index in [0.717, 1.165) is 32.6 Å². The SMILES string of the molecule is Cc1nc(SCC(=O)N(C)CC2COc3ccccc3O2)c2c(C)c(C)sc2n1. The van der Waals surface area contributed by atoms with Gasteiger partial charge in [0.05, 0.1) is 12.3 Å². The summed E-state index contributed by atoms with van der Waals surface area (Å²) in [6.07, 6.45) is -0.182. The van der Waals surface area contributed by atoms with Gasteiger partial charge in [0.15, 0.2) is 17.6 Å². The van der Waals surface area contributed by atoms with Crippen molar-refractivity contribution < 1.29 is 14.3 Å². The van der Waals surface area contributed by atoms with Gasteiger partial charge in [-0.2, -0.15) is 0 Å². The van der Waals surface area contributed by atoms with Gasteiger partial charge in [0, 0.05) is 17.3 Å². The van der Waals surface area contributed by atoms with Crippen molar-refractivity contribution in [3.63, 3.8) is 0 Å². The van der Waals surface area contributed by atoms with E-state index in [4.69, 9.17) is 9.47 Å². The molecule has 1 aromatic carbocycles. The van der Waals surface area contributed by atoms with Gasteiger partial charge in [0.1, 0.15) is 22.3 Å². The number of para-hydroxylation sites is 2. The van der Waals surface area contributed by atoms with Gasteiger partial charge in [-0.1, -0.05) is 23.9 Å². The third kappa shape index (κ3) is 4.18. The number of ether oxygens (including phenoxy) is 2. The molecule has 8 heteroatoms. The number of thioether (sulfide) groups is 1. The van der Waals surface area contributed by atoms with E-state index in [2.05, 4.69) is 23.8 Å². The van der Waals surface area contributed by atoms with E-state index >= 15 is 0 Å². The molecular weight excluding hydrogens is 406 g/mol. The summed E-state index contributed by atoms with van der Waals surface area (Å²) in [5, 5.41) is 1.95. The second-order valence-electron chi connectivity index (χ2n) is 7.10. The van der Waals surface area contributed by atoms with Crippen LogP contribution in [-0.4, -0.2) is 52.8 Å². The fraction of sp³-hybridized carbons (Fsp3) is 0.381. The van der Waals surface area contributed by atoms with E-state index in [-0.39, 0.29) is 12.0 Å². The minimum absolute atomic E-state index is 0.0338. The van der Waals surface area contributed by atoms with Gasteiger partial charge in [-0.3, -0.25) is 4.79 Å². The molecule has 0 N–H and O–H groups in total. The molecule has 0 saturated carbocycles. The summed E-state index contributed by atoms with van der Waals surface area (Å²) in [7, 11) is 1.80. The molecule has 0 radical (unpaired) electrons. The molecule has 4 rings (SSSR count). The smallest absolute Gasteiger partial charge is 0.232 e. The van der Waals surface area contributed by atoms with Gasteiger partial charge < -0.3 is 14.4 Å². The van der Waals surface area contributed by atoms with Crippen molar-refractivity contribution in [1.82, 2.24) is 14.9 Å². The molecule has 3 aromatic rings. The third-order valence-electron chi connectivity index (χ3n) is 4.91. The van der Waals surface area contributed by atoms with Gasteiger partial charge in [0.2, 0.25) is 5.91 Å². The van der Waals surface area contributed by atoms with Gasteiger partial charge in [-0.05, 0) is 38.5 Å². The minimum atomic E-state index is -0.182. The lowest BCUT2D eigenvalue weighted by Gasteiger charge is -2.29. The van der Waals surface area contributed by atoms with Gasteiger partial charge >= 0.3 is 0 Å². The largest absolute Gasteiger partial charge is 0.486 e. The van der Waals surface area contributed by atoms with Gasteiger partial charge in [-0.15, -0.1) is 11.3 Å². The van der Waals surface area contributed by atoms with Crippen molar-refractivity contribution in [2.24, 2.45) is 0 Å². The predicted molar refractivity (Wildman–Crippen MR) is 116 cm³/mol. The van der Waals surface area contributed by atoms with E-state index in [0.29, 0.717) is 18.9 Å². The Morgan fingerprint density at radius 3 is 2.79 bits per heavy atom. The maximum Gasteiger partial charge on any atom is 0.232 e. The lowest BCUT2D eigenvalue weighted by molar-refractivity contribution is -0.128. The van der Waals surface area contributed by atoms with E-state index in [1.807, 2.05) is 31.2 Å². The van der Waals surface area contributed by atoms with Crippen LogP contribution in [0.2, 0.25) is 0 Å². The lowest BCUT2D eigenvalue weighted by Crippen LogP contribution is -2.42. The Labute approximate surface area is 178 Å². The van der Waals surface area contributed by atoms with E-state index in [1.165, 1.54) is 22.2 Å². The normalized spacial score (nSPS) is 15.5. The fourth-order valence-corrected chi connectivity index (χ4v) is 5.43. The van der Waals surface area contributed by atoms with Crippen LogP contribution >= 0.6 is 23.1 Å². The van der Waals surface area contributed by atoms with Gasteiger partial charge in [-0.25, -0.2) is 9.97 Å². The number of hydrogen-bond donors (Lipinski definition) is 0. The Kier molecular flexibility index (Phi) is 5.65. The summed E-state index contributed by atoms with van der Waals surface area (Å²) in [5.74, 6) is 2.56. The van der Waals surface area contributed by atoms with Gasteiger partial charge in [0.25, 0.3) is 0 Å². The van der Waals surface area contributed by atoms with Crippen molar-refractivity contribution in [2.75, 3.05) is 26.0 Å².